The molecule has 0 spiro atoms. The van der Waals surface area contributed by atoms with Crippen LogP contribution in [0, 0.1) is 0 Å². The molecule has 1 heterocycles. The fraction of sp³-hybridized carbons (Fsp3) is 0.0769. The van der Waals surface area contributed by atoms with Crippen LogP contribution < -0.4 is 10.5 Å². The molecule has 0 aliphatic rings. The number of amides is 1. The number of hydrogen-bond donors (Lipinski definition) is 2. The largest absolute Gasteiger partial charge is 0.488 e. The number of hydrogen-bond acceptors (Lipinski definition) is 4. The highest BCUT2D eigenvalue weighted by atomic mass is 32.1. The molecule has 98 valence electrons. The van der Waals surface area contributed by atoms with Gasteiger partial charge in [-0.25, -0.2) is 4.79 Å². The van der Waals surface area contributed by atoms with Crippen LogP contribution in [0.25, 0.3) is 0 Å². The number of benzene rings is 1. The van der Waals surface area contributed by atoms with Crippen LogP contribution in [0.4, 0.5) is 0 Å². The molecule has 6 heteroatoms. The van der Waals surface area contributed by atoms with Gasteiger partial charge < -0.3 is 15.6 Å². The van der Waals surface area contributed by atoms with E-state index >= 15 is 0 Å². The molecule has 1 aromatic heterocycles. The van der Waals surface area contributed by atoms with Crippen LogP contribution in [0.1, 0.15) is 24.9 Å². The zero-order valence-corrected chi connectivity index (χ0v) is 10.6. The Morgan fingerprint density at radius 2 is 1.84 bits per heavy atom. The van der Waals surface area contributed by atoms with E-state index in [1.165, 1.54) is 11.3 Å². The number of primary amides is 1. The van der Waals surface area contributed by atoms with Crippen molar-refractivity contribution in [3.63, 3.8) is 0 Å². The van der Waals surface area contributed by atoms with Gasteiger partial charge in [0.1, 0.15) is 17.2 Å². The zero-order chi connectivity index (χ0) is 13.8. The Kier molecular flexibility index (Phi) is 3.82. The summed E-state index contributed by atoms with van der Waals surface area (Å²) in [5, 5.41) is 8.79. The monoisotopic (exact) mass is 277 g/mol. The zero-order valence-electron chi connectivity index (χ0n) is 9.83. The third-order valence-electron chi connectivity index (χ3n) is 2.39. The number of thiophene rings is 1. The number of carbonyl (C=O) groups is 2. The topological polar surface area (TPSA) is 89.6 Å². The Morgan fingerprint density at radius 1 is 1.16 bits per heavy atom. The van der Waals surface area contributed by atoms with E-state index in [9.17, 15) is 9.59 Å². The SMILES string of the molecule is NC(=O)c1ccc(OCc2ccc(C(=O)O)s2)cc1. The predicted octanol–water partition coefficient (Wildman–Crippen LogP) is 2.12. The molecule has 0 fully saturated rings. The third-order valence-corrected chi connectivity index (χ3v) is 3.44. The van der Waals surface area contributed by atoms with Gasteiger partial charge in [-0.1, -0.05) is 0 Å². The van der Waals surface area contributed by atoms with Crippen LogP contribution in [-0.2, 0) is 6.61 Å². The Labute approximate surface area is 113 Å². The van der Waals surface area contributed by atoms with Crippen molar-refractivity contribution in [1.82, 2.24) is 0 Å². The molecule has 0 saturated carbocycles. The van der Waals surface area contributed by atoms with Crippen molar-refractivity contribution < 1.29 is 19.4 Å². The molecule has 0 radical (unpaired) electrons. The molecular formula is C13H11NO4S. The second-order valence-electron chi connectivity index (χ2n) is 3.75. The number of rotatable bonds is 5. The molecule has 0 aliphatic heterocycles. The minimum absolute atomic E-state index is 0.280. The molecular weight excluding hydrogens is 266 g/mol. The third kappa shape index (κ3) is 3.32. The fourth-order valence-electron chi connectivity index (χ4n) is 1.44. The summed E-state index contributed by atoms with van der Waals surface area (Å²) in [6.07, 6.45) is 0. The average molecular weight is 277 g/mol. The van der Waals surface area contributed by atoms with Crippen LogP contribution in [0.2, 0.25) is 0 Å². The van der Waals surface area contributed by atoms with E-state index in [2.05, 4.69) is 0 Å². The summed E-state index contributed by atoms with van der Waals surface area (Å²) in [6, 6.07) is 9.70. The first-order valence-corrected chi connectivity index (χ1v) is 6.22. The van der Waals surface area contributed by atoms with Gasteiger partial charge in [-0.05, 0) is 36.4 Å². The molecule has 2 aromatic rings. The lowest BCUT2D eigenvalue weighted by atomic mass is 10.2. The average Bonchev–Trinajstić information content (AvgIpc) is 2.86. The molecule has 1 aromatic carbocycles. The number of nitrogens with two attached hydrogens (primary N) is 1. The van der Waals surface area contributed by atoms with Crippen molar-refractivity contribution in [2.45, 2.75) is 6.61 Å². The van der Waals surface area contributed by atoms with Gasteiger partial charge in [0.2, 0.25) is 5.91 Å². The lowest BCUT2D eigenvalue weighted by Gasteiger charge is -2.04. The summed E-state index contributed by atoms with van der Waals surface area (Å²) < 4.78 is 5.49. The molecule has 0 saturated heterocycles. The van der Waals surface area contributed by atoms with Crippen LogP contribution in [-0.4, -0.2) is 17.0 Å². The molecule has 1 amide bonds. The Balaban J connectivity index is 1.97. The van der Waals surface area contributed by atoms with Crippen molar-refractivity contribution in [3.05, 3.63) is 51.7 Å². The summed E-state index contributed by atoms with van der Waals surface area (Å²) in [6.45, 7) is 0.286. The van der Waals surface area contributed by atoms with Gasteiger partial charge in [0.25, 0.3) is 0 Å². The summed E-state index contributed by atoms with van der Waals surface area (Å²) >= 11 is 1.17. The molecule has 3 N–H and O–H groups in total. The molecule has 5 nitrogen and oxygen atoms in total. The lowest BCUT2D eigenvalue weighted by Crippen LogP contribution is -2.10. The van der Waals surface area contributed by atoms with Crippen LogP contribution in [0.15, 0.2) is 36.4 Å². The molecule has 0 bridgehead atoms. The molecule has 2 rings (SSSR count). The summed E-state index contributed by atoms with van der Waals surface area (Å²) in [7, 11) is 0. The van der Waals surface area contributed by atoms with E-state index in [1.807, 2.05) is 0 Å². The standard InChI is InChI=1S/C13H11NO4S/c14-12(15)8-1-3-9(4-2-8)18-7-10-5-6-11(19-10)13(16)17/h1-6H,7H2,(H2,14,15)(H,16,17). The minimum atomic E-state index is -0.943. The maximum Gasteiger partial charge on any atom is 0.345 e. The number of carbonyl (C=O) groups excluding carboxylic acids is 1. The number of carboxylic acids is 1. The highest BCUT2D eigenvalue weighted by molar-refractivity contribution is 7.13. The van der Waals surface area contributed by atoms with Crippen molar-refractivity contribution in [1.29, 1.82) is 0 Å². The van der Waals surface area contributed by atoms with Gasteiger partial charge in [0, 0.05) is 10.4 Å². The number of ether oxygens (including phenoxy) is 1. The predicted molar refractivity (Wildman–Crippen MR) is 70.6 cm³/mol. The maximum absolute atomic E-state index is 10.9. The van der Waals surface area contributed by atoms with Gasteiger partial charge in [0.05, 0.1) is 0 Å². The molecule has 0 aliphatic carbocycles. The van der Waals surface area contributed by atoms with Crippen molar-refractivity contribution in [2.24, 2.45) is 5.73 Å². The maximum atomic E-state index is 10.9. The summed E-state index contributed by atoms with van der Waals surface area (Å²) in [5.74, 6) is -0.840. The van der Waals surface area contributed by atoms with Crippen molar-refractivity contribution in [2.75, 3.05) is 0 Å². The first kappa shape index (κ1) is 13.1. The molecule has 0 atom stereocenters. The van der Waals surface area contributed by atoms with Gasteiger partial charge >= 0.3 is 5.97 Å². The van der Waals surface area contributed by atoms with E-state index in [4.69, 9.17) is 15.6 Å². The highest BCUT2D eigenvalue weighted by Gasteiger charge is 2.07. The Bertz CT molecular complexity index is 603. The second kappa shape index (κ2) is 5.53. The van der Waals surface area contributed by atoms with Crippen LogP contribution >= 0.6 is 11.3 Å². The normalized spacial score (nSPS) is 10.1. The quantitative estimate of drug-likeness (QED) is 0.876. The Hall–Kier alpha value is -2.34. The second-order valence-corrected chi connectivity index (χ2v) is 4.92. The van der Waals surface area contributed by atoms with E-state index in [1.54, 1.807) is 36.4 Å². The van der Waals surface area contributed by atoms with Gasteiger partial charge in [0.15, 0.2) is 0 Å². The summed E-state index contributed by atoms with van der Waals surface area (Å²) in [5.41, 5.74) is 5.54. The van der Waals surface area contributed by atoms with Crippen molar-refractivity contribution >= 4 is 23.2 Å². The van der Waals surface area contributed by atoms with Crippen LogP contribution in [0.5, 0.6) is 5.75 Å². The first-order valence-electron chi connectivity index (χ1n) is 5.41. The Morgan fingerprint density at radius 3 is 2.37 bits per heavy atom. The number of aromatic carboxylic acids is 1. The first-order chi connectivity index (χ1) is 9.06. The fourth-order valence-corrected chi connectivity index (χ4v) is 2.20. The van der Waals surface area contributed by atoms with Crippen LogP contribution in [0.3, 0.4) is 0 Å². The van der Waals surface area contributed by atoms with E-state index in [-0.39, 0.29) is 11.5 Å². The van der Waals surface area contributed by atoms with E-state index in [0.717, 1.165) is 4.88 Å². The van der Waals surface area contributed by atoms with Crippen molar-refractivity contribution in [3.8, 4) is 5.75 Å². The number of carboxylic acid groups (broad SMARTS) is 1. The van der Waals surface area contributed by atoms with Gasteiger partial charge in [-0.2, -0.15) is 0 Å². The van der Waals surface area contributed by atoms with Gasteiger partial charge in [-0.15, -0.1) is 11.3 Å². The highest BCUT2D eigenvalue weighted by Crippen LogP contribution is 2.19. The van der Waals surface area contributed by atoms with E-state index in [0.29, 0.717) is 11.3 Å². The van der Waals surface area contributed by atoms with Gasteiger partial charge in [-0.3, -0.25) is 4.79 Å². The minimum Gasteiger partial charge on any atom is -0.488 e. The smallest absolute Gasteiger partial charge is 0.345 e. The molecule has 19 heavy (non-hydrogen) atoms. The van der Waals surface area contributed by atoms with E-state index < -0.39 is 11.9 Å². The summed E-state index contributed by atoms with van der Waals surface area (Å²) in [4.78, 5) is 22.7. The molecule has 0 unspecified atom stereocenters. The lowest BCUT2D eigenvalue weighted by molar-refractivity contribution is 0.0702.